The van der Waals surface area contributed by atoms with Crippen LogP contribution < -0.4 is 14.2 Å². The summed E-state index contributed by atoms with van der Waals surface area (Å²) in [4.78, 5) is 5.33. The van der Waals surface area contributed by atoms with Crippen LogP contribution in [0.3, 0.4) is 0 Å². The minimum Gasteiger partial charge on any atom is -0.493 e. The van der Waals surface area contributed by atoms with Gasteiger partial charge in [-0.2, -0.15) is 0 Å². The quantitative estimate of drug-likeness (QED) is 0.0901. The first-order valence-corrected chi connectivity index (χ1v) is 19.5. The molecule has 0 aliphatic carbocycles. The zero-order valence-electron chi connectivity index (χ0n) is 26.8. The van der Waals surface area contributed by atoms with Crippen LogP contribution in [-0.4, -0.2) is 19.8 Å². The summed E-state index contributed by atoms with van der Waals surface area (Å²) in [5.74, 6) is 1.90. The van der Waals surface area contributed by atoms with Crippen LogP contribution in [0.15, 0.2) is 42.5 Å². The van der Waals surface area contributed by atoms with Crippen LogP contribution in [0.2, 0.25) is 0 Å². The Hall–Kier alpha value is -2.84. The second kappa shape index (κ2) is 13.1. The van der Waals surface area contributed by atoms with E-state index in [1.807, 2.05) is 34.0 Å². The lowest BCUT2D eigenvalue weighted by Gasteiger charge is -2.17. The molecular weight excluding hydrogens is 633 g/mol. The van der Waals surface area contributed by atoms with E-state index in [4.69, 9.17) is 14.2 Å². The number of benzene rings is 3. The summed E-state index contributed by atoms with van der Waals surface area (Å²) in [5, 5.41) is 9.36. The van der Waals surface area contributed by atoms with Crippen molar-refractivity contribution in [2.45, 2.75) is 73.1 Å². The number of hydrogen-bond donors (Lipinski definition) is 0. The molecule has 0 aliphatic rings. The lowest BCUT2D eigenvalue weighted by molar-refractivity contribution is 0.313. The third-order valence-electron chi connectivity index (χ3n) is 8.51. The smallest absolute Gasteiger partial charge is 0.175 e. The van der Waals surface area contributed by atoms with E-state index in [1.54, 1.807) is 11.3 Å². The number of thiophene rings is 4. The second-order valence-electron chi connectivity index (χ2n) is 11.8. The average Bonchev–Trinajstić information content (AvgIpc) is 3.79. The summed E-state index contributed by atoms with van der Waals surface area (Å²) in [7, 11) is 0. The molecule has 0 aliphatic heterocycles. The number of aryl methyl sites for hydroxylation is 2. The molecular formula is C38H40O3S4. The van der Waals surface area contributed by atoms with Gasteiger partial charge in [0.25, 0.3) is 0 Å². The maximum atomic E-state index is 6.43. The largest absolute Gasteiger partial charge is 0.493 e. The number of fused-ring (bicyclic) bond motifs is 5. The van der Waals surface area contributed by atoms with Crippen molar-refractivity contribution < 1.29 is 14.2 Å². The molecule has 0 atom stereocenters. The summed E-state index contributed by atoms with van der Waals surface area (Å²) in [5.41, 5.74) is 0. The van der Waals surface area contributed by atoms with E-state index in [1.165, 1.54) is 81.9 Å². The molecule has 3 aromatic carbocycles. The Bertz CT molecular complexity index is 2040. The molecule has 0 spiro atoms. The van der Waals surface area contributed by atoms with E-state index in [2.05, 4.69) is 77.1 Å². The molecule has 0 saturated carbocycles. The van der Waals surface area contributed by atoms with Gasteiger partial charge in [0.05, 0.1) is 29.4 Å². The molecule has 0 radical (unpaired) electrons. The number of unbranched alkanes of at least 4 members (excludes halogenated alkanes) is 5. The van der Waals surface area contributed by atoms with Gasteiger partial charge in [0, 0.05) is 57.0 Å². The normalized spacial score (nSPS) is 12.0. The van der Waals surface area contributed by atoms with Crippen molar-refractivity contribution in [2.75, 3.05) is 19.8 Å². The summed E-state index contributed by atoms with van der Waals surface area (Å²) in [6, 6.07) is 16.1. The fourth-order valence-electron chi connectivity index (χ4n) is 6.40. The molecule has 0 bridgehead atoms. The molecule has 4 aromatic heterocycles. The van der Waals surface area contributed by atoms with Crippen molar-refractivity contribution in [3.8, 4) is 26.3 Å². The topological polar surface area (TPSA) is 27.7 Å². The van der Waals surface area contributed by atoms with E-state index in [9.17, 15) is 0 Å². The first-order valence-electron chi connectivity index (χ1n) is 16.3. The summed E-state index contributed by atoms with van der Waals surface area (Å²) in [6.45, 7) is 12.8. The van der Waals surface area contributed by atoms with Crippen molar-refractivity contribution in [1.29, 1.82) is 0 Å². The van der Waals surface area contributed by atoms with Crippen LogP contribution in [0.1, 0.15) is 69.1 Å². The molecule has 0 amide bonds. The Morgan fingerprint density at radius 1 is 0.556 bits per heavy atom. The van der Waals surface area contributed by atoms with Crippen LogP contribution in [-0.2, 0) is 0 Å². The van der Waals surface area contributed by atoms with Gasteiger partial charge < -0.3 is 14.2 Å². The Kier molecular flexibility index (Phi) is 8.97. The van der Waals surface area contributed by atoms with Crippen LogP contribution >= 0.6 is 45.3 Å². The monoisotopic (exact) mass is 672 g/mol. The van der Waals surface area contributed by atoms with Gasteiger partial charge in [-0.25, -0.2) is 0 Å². The number of hydrogen-bond acceptors (Lipinski definition) is 7. The van der Waals surface area contributed by atoms with Crippen molar-refractivity contribution in [2.24, 2.45) is 0 Å². The zero-order valence-corrected chi connectivity index (χ0v) is 30.0. The first kappa shape index (κ1) is 30.8. The van der Waals surface area contributed by atoms with Crippen LogP contribution in [0, 0.1) is 13.8 Å². The number of rotatable bonds is 13. The standard InChI is InChI=1S/C38H40O3S4/c1-6-9-10-11-12-13-14-41-34-21-26-23(5)43-38(37(26)45-34)33-18-25-17-28-30(20-32(25)44-33)35(39-7-2)27-16-24-15-22(4)42-31(24)19-29(27)36(28)40-8-3/h15-21H,6-14H2,1-5H3. The summed E-state index contributed by atoms with van der Waals surface area (Å²) < 4.78 is 23.0. The molecule has 0 N–H and O–H groups in total. The molecule has 0 saturated heterocycles. The Morgan fingerprint density at radius 2 is 1.18 bits per heavy atom. The van der Waals surface area contributed by atoms with E-state index < -0.39 is 0 Å². The Morgan fingerprint density at radius 3 is 1.87 bits per heavy atom. The summed E-state index contributed by atoms with van der Waals surface area (Å²) in [6.07, 6.45) is 7.67. The second-order valence-corrected chi connectivity index (χ2v) is 16.4. The van der Waals surface area contributed by atoms with Crippen LogP contribution in [0.4, 0.5) is 0 Å². The zero-order chi connectivity index (χ0) is 31.1. The highest BCUT2D eigenvalue weighted by molar-refractivity contribution is 7.31. The van der Waals surface area contributed by atoms with Gasteiger partial charge in [0.15, 0.2) is 5.06 Å². The van der Waals surface area contributed by atoms with Gasteiger partial charge in [-0.05, 0) is 81.3 Å². The van der Waals surface area contributed by atoms with Gasteiger partial charge in [0.2, 0.25) is 0 Å². The van der Waals surface area contributed by atoms with Crippen LogP contribution in [0.25, 0.3) is 61.6 Å². The van der Waals surface area contributed by atoms with E-state index in [-0.39, 0.29) is 0 Å². The van der Waals surface area contributed by atoms with Crippen molar-refractivity contribution in [3.05, 3.63) is 52.2 Å². The van der Waals surface area contributed by atoms with E-state index >= 15 is 0 Å². The van der Waals surface area contributed by atoms with Crippen LogP contribution in [0.5, 0.6) is 16.6 Å². The molecule has 7 rings (SSSR count). The highest BCUT2D eigenvalue weighted by Gasteiger charge is 2.21. The predicted molar refractivity (Wildman–Crippen MR) is 202 cm³/mol. The van der Waals surface area contributed by atoms with Crippen molar-refractivity contribution in [3.63, 3.8) is 0 Å². The van der Waals surface area contributed by atoms with Gasteiger partial charge in [-0.3, -0.25) is 0 Å². The maximum absolute atomic E-state index is 6.43. The molecule has 4 heterocycles. The minimum absolute atomic E-state index is 0.612. The lowest BCUT2D eigenvalue weighted by atomic mass is 9.98. The van der Waals surface area contributed by atoms with Crippen molar-refractivity contribution in [1.82, 2.24) is 0 Å². The van der Waals surface area contributed by atoms with Gasteiger partial charge in [0.1, 0.15) is 11.5 Å². The molecule has 45 heavy (non-hydrogen) atoms. The molecule has 0 fully saturated rings. The highest BCUT2D eigenvalue weighted by atomic mass is 32.1. The maximum Gasteiger partial charge on any atom is 0.175 e. The molecule has 3 nitrogen and oxygen atoms in total. The SMILES string of the molecule is CCCCCCCCOc1cc2c(C)sc(-c3cc4cc5c(OCC)c6cc7sc(C)cc7cc6c(OCC)c5cc4s3)c2s1. The fourth-order valence-corrected chi connectivity index (χ4v) is 11.0. The predicted octanol–water partition coefficient (Wildman–Crippen LogP) is 13.5. The summed E-state index contributed by atoms with van der Waals surface area (Å²) >= 11 is 7.41. The Labute approximate surface area is 281 Å². The Balaban J connectivity index is 1.30. The van der Waals surface area contributed by atoms with Gasteiger partial charge in [-0.15, -0.1) is 34.0 Å². The van der Waals surface area contributed by atoms with Gasteiger partial charge in [-0.1, -0.05) is 50.4 Å². The van der Waals surface area contributed by atoms with Crippen molar-refractivity contribution >= 4 is 97.2 Å². The number of ether oxygens (including phenoxy) is 3. The lowest BCUT2D eigenvalue weighted by Crippen LogP contribution is -1.98. The van der Waals surface area contributed by atoms with E-state index in [0.29, 0.717) is 13.2 Å². The third kappa shape index (κ3) is 5.82. The fraction of sp³-hybridized carbons (Fsp3) is 0.368. The molecule has 234 valence electrons. The average molecular weight is 673 g/mol. The third-order valence-corrected chi connectivity index (χ3v) is 13.1. The minimum atomic E-state index is 0.612. The molecule has 7 aromatic rings. The van der Waals surface area contributed by atoms with Gasteiger partial charge >= 0.3 is 0 Å². The first-order chi connectivity index (χ1) is 22.0. The van der Waals surface area contributed by atoms with E-state index in [0.717, 1.165) is 51.1 Å². The molecule has 0 unspecified atom stereocenters. The highest BCUT2D eigenvalue weighted by Crippen LogP contribution is 2.51. The molecule has 7 heteroatoms.